The Morgan fingerprint density at radius 1 is 1.27 bits per heavy atom. The van der Waals surface area contributed by atoms with Gasteiger partial charge in [-0.15, -0.1) is 11.3 Å². The molecule has 0 saturated carbocycles. The molecule has 1 saturated heterocycles. The van der Waals surface area contributed by atoms with E-state index in [1.807, 2.05) is 12.1 Å². The highest BCUT2D eigenvalue weighted by molar-refractivity contribution is 7.18. The topological polar surface area (TPSA) is 56.6 Å². The Labute approximate surface area is 162 Å². The van der Waals surface area contributed by atoms with Gasteiger partial charge >= 0.3 is 5.97 Å². The van der Waals surface area contributed by atoms with Crippen LogP contribution in [0.3, 0.4) is 0 Å². The number of carbonyl (C=O) groups is 1. The number of anilines is 1. The van der Waals surface area contributed by atoms with E-state index < -0.39 is 0 Å². The molecule has 26 heavy (non-hydrogen) atoms. The third kappa shape index (κ3) is 3.70. The van der Waals surface area contributed by atoms with Crippen LogP contribution in [-0.2, 0) is 4.74 Å². The molecule has 1 fully saturated rings. The quantitative estimate of drug-likeness (QED) is 0.743. The number of carbonyl (C=O) groups excluding carboxylic acids is 1. The summed E-state index contributed by atoms with van der Waals surface area (Å²) in [4.78, 5) is 17.5. The van der Waals surface area contributed by atoms with Crippen molar-refractivity contribution in [3.63, 3.8) is 0 Å². The highest BCUT2D eigenvalue weighted by Crippen LogP contribution is 2.42. The molecule has 136 valence electrons. The van der Waals surface area contributed by atoms with Crippen LogP contribution in [0, 0.1) is 11.3 Å². The molecule has 2 aromatic rings. The van der Waals surface area contributed by atoms with Crippen molar-refractivity contribution in [3.05, 3.63) is 39.7 Å². The second-order valence-corrected chi connectivity index (χ2v) is 7.55. The van der Waals surface area contributed by atoms with Crippen LogP contribution in [-0.4, -0.2) is 50.7 Å². The van der Waals surface area contributed by atoms with E-state index in [9.17, 15) is 10.1 Å². The smallest absolute Gasteiger partial charge is 0.349 e. The van der Waals surface area contributed by atoms with Gasteiger partial charge in [0, 0.05) is 36.8 Å². The fraction of sp³-hybridized carbons (Fsp3) is 0.368. The van der Waals surface area contributed by atoms with E-state index in [0.29, 0.717) is 27.6 Å². The van der Waals surface area contributed by atoms with Crippen molar-refractivity contribution in [3.8, 4) is 17.2 Å². The van der Waals surface area contributed by atoms with Gasteiger partial charge in [0.1, 0.15) is 15.9 Å². The van der Waals surface area contributed by atoms with Crippen molar-refractivity contribution in [2.75, 3.05) is 44.7 Å². The summed E-state index contributed by atoms with van der Waals surface area (Å²) < 4.78 is 5.24. The summed E-state index contributed by atoms with van der Waals surface area (Å²) >= 11 is 7.34. The minimum atomic E-state index is -0.390. The first-order valence-corrected chi connectivity index (χ1v) is 9.68. The number of likely N-dealkylation sites (N-methyl/N-ethyl adjacent to an activating group) is 1. The minimum absolute atomic E-state index is 0.294. The molecule has 0 spiro atoms. The fourth-order valence-corrected chi connectivity index (χ4v) is 4.33. The Kier molecular flexibility index (Phi) is 5.82. The number of ether oxygens (including phenoxy) is 1. The zero-order valence-electron chi connectivity index (χ0n) is 14.8. The number of esters is 1. The normalized spacial score (nSPS) is 14.9. The zero-order chi connectivity index (χ0) is 18.7. The molecule has 0 atom stereocenters. The first-order valence-electron chi connectivity index (χ1n) is 8.48. The van der Waals surface area contributed by atoms with Gasteiger partial charge in [-0.1, -0.05) is 23.7 Å². The molecule has 1 aliphatic rings. The summed E-state index contributed by atoms with van der Waals surface area (Å²) in [6.45, 7) is 5.58. The molecule has 3 rings (SSSR count). The van der Waals surface area contributed by atoms with Crippen LogP contribution in [0.1, 0.15) is 22.2 Å². The van der Waals surface area contributed by atoms with E-state index in [0.717, 1.165) is 36.7 Å². The Morgan fingerprint density at radius 3 is 2.50 bits per heavy atom. The van der Waals surface area contributed by atoms with Crippen molar-refractivity contribution in [2.24, 2.45) is 0 Å². The van der Waals surface area contributed by atoms with Crippen molar-refractivity contribution in [1.82, 2.24) is 4.90 Å². The summed E-state index contributed by atoms with van der Waals surface area (Å²) in [7, 11) is 2.08. The van der Waals surface area contributed by atoms with Gasteiger partial charge in [0.15, 0.2) is 0 Å². The maximum atomic E-state index is 12.5. The number of hydrogen-bond acceptors (Lipinski definition) is 6. The Bertz CT molecular complexity index is 834. The lowest BCUT2D eigenvalue weighted by atomic mass is 10.0. The maximum Gasteiger partial charge on any atom is 0.349 e. The van der Waals surface area contributed by atoms with E-state index in [1.165, 1.54) is 11.3 Å². The highest BCUT2D eigenvalue weighted by Gasteiger charge is 2.28. The molecule has 0 radical (unpaired) electrons. The molecule has 1 aliphatic heterocycles. The van der Waals surface area contributed by atoms with E-state index in [4.69, 9.17) is 16.3 Å². The van der Waals surface area contributed by atoms with Gasteiger partial charge in [-0.25, -0.2) is 4.79 Å². The van der Waals surface area contributed by atoms with Crippen LogP contribution < -0.4 is 4.90 Å². The molecule has 0 aliphatic carbocycles. The van der Waals surface area contributed by atoms with Crippen molar-refractivity contribution in [2.45, 2.75) is 6.92 Å². The average Bonchev–Trinajstić information content (AvgIpc) is 3.03. The Morgan fingerprint density at radius 2 is 1.92 bits per heavy atom. The molecular formula is C19H20ClN3O2S. The standard InChI is InChI=1S/C19H20ClN3O2S/c1-3-25-19(24)17-16(13-4-6-14(20)7-5-13)15(12-21)18(26-17)23-10-8-22(2)9-11-23/h4-7H,3,8-11H2,1-2H3. The number of rotatable bonds is 4. The summed E-state index contributed by atoms with van der Waals surface area (Å²) in [5.74, 6) is -0.390. The molecule has 5 nitrogen and oxygen atoms in total. The summed E-state index contributed by atoms with van der Waals surface area (Å²) in [5.41, 5.74) is 1.97. The third-order valence-corrected chi connectivity index (χ3v) is 5.87. The van der Waals surface area contributed by atoms with E-state index in [1.54, 1.807) is 19.1 Å². The van der Waals surface area contributed by atoms with E-state index in [2.05, 4.69) is 22.9 Å². The summed E-state index contributed by atoms with van der Waals surface area (Å²) in [5, 5.41) is 11.3. The lowest BCUT2D eigenvalue weighted by molar-refractivity contribution is 0.0533. The lowest BCUT2D eigenvalue weighted by Gasteiger charge is -2.33. The van der Waals surface area contributed by atoms with Crippen LogP contribution in [0.25, 0.3) is 11.1 Å². The average molecular weight is 390 g/mol. The number of piperazine rings is 1. The molecule has 1 aromatic heterocycles. The van der Waals surface area contributed by atoms with E-state index in [-0.39, 0.29) is 5.97 Å². The second kappa shape index (κ2) is 8.09. The largest absolute Gasteiger partial charge is 0.462 e. The number of hydrogen-bond donors (Lipinski definition) is 0. The third-order valence-electron chi connectivity index (χ3n) is 4.39. The van der Waals surface area contributed by atoms with Gasteiger partial charge < -0.3 is 14.5 Å². The van der Waals surface area contributed by atoms with Crippen LogP contribution in [0.4, 0.5) is 5.00 Å². The zero-order valence-corrected chi connectivity index (χ0v) is 16.4. The minimum Gasteiger partial charge on any atom is -0.462 e. The number of benzene rings is 1. The predicted molar refractivity (Wildman–Crippen MR) is 105 cm³/mol. The van der Waals surface area contributed by atoms with Gasteiger partial charge in [0.2, 0.25) is 0 Å². The van der Waals surface area contributed by atoms with Crippen molar-refractivity contribution >= 4 is 33.9 Å². The Hall–Kier alpha value is -2.07. The molecule has 0 N–H and O–H groups in total. The predicted octanol–water partition coefficient (Wildman–Crippen LogP) is 3.87. The lowest BCUT2D eigenvalue weighted by Crippen LogP contribution is -2.44. The number of nitriles is 1. The SMILES string of the molecule is CCOC(=O)c1sc(N2CCN(C)CC2)c(C#N)c1-c1ccc(Cl)cc1. The number of halogens is 1. The summed E-state index contributed by atoms with van der Waals surface area (Å²) in [6.07, 6.45) is 0. The summed E-state index contributed by atoms with van der Waals surface area (Å²) in [6, 6.07) is 9.52. The molecule has 0 unspecified atom stereocenters. The number of thiophene rings is 1. The molecule has 1 aromatic carbocycles. The molecule has 2 heterocycles. The maximum absolute atomic E-state index is 12.5. The van der Waals surface area contributed by atoms with Crippen LogP contribution in [0.2, 0.25) is 5.02 Å². The molecule has 0 bridgehead atoms. The first-order chi connectivity index (χ1) is 12.5. The second-order valence-electron chi connectivity index (χ2n) is 6.12. The number of nitrogens with zero attached hydrogens (tertiary/aromatic N) is 3. The molecule has 0 amide bonds. The molecule has 7 heteroatoms. The van der Waals surface area contributed by atoms with Crippen LogP contribution in [0.15, 0.2) is 24.3 Å². The van der Waals surface area contributed by atoms with Crippen molar-refractivity contribution < 1.29 is 9.53 Å². The van der Waals surface area contributed by atoms with Gasteiger partial charge in [-0.3, -0.25) is 0 Å². The molecular weight excluding hydrogens is 370 g/mol. The van der Waals surface area contributed by atoms with Gasteiger partial charge in [0.25, 0.3) is 0 Å². The Balaban J connectivity index is 2.12. The van der Waals surface area contributed by atoms with Gasteiger partial charge in [-0.05, 0) is 31.7 Å². The fourth-order valence-electron chi connectivity index (χ4n) is 2.99. The van der Waals surface area contributed by atoms with Crippen molar-refractivity contribution in [1.29, 1.82) is 5.26 Å². The van der Waals surface area contributed by atoms with Gasteiger partial charge in [0.05, 0.1) is 12.2 Å². The van der Waals surface area contributed by atoms with Crippen LogP contribution in [0.5, 0.6) is 0 Å². The first kappa shape index (κ1) is 18.7. The van der Waals surface area contributed by atoms with Crippen LogP contribution >= 0.6 is 22.9 Å². The highest BCUT2D eigenvalue weighted by atomic mass is 35.5. The van der Waals surface area contributed by atoms with Gasteiger partial charge in [-0.2, -0.15) is 5.26 Å². The monoisotopic (exact) mass is 389 g/mol. The van der Waals surface area contributed by atoms with E-state index >= 15 is 0 Å².